The number of hydrogen-bond donors (Lipinski definition) is 0. The van der Waals surface area contributed by atoms with Crippen LogP contribution in [0.3, 0.4) is 0 Å². The van der Waals surface area contributed by atoms with Crippen molar-refractivity contribution in [3.05, 3.63) is 35.4 Å². The van der Waals surface area contributed by atoms with Gasteiger partial charge in [0.1, 0.15) is 0 Å². The molecule has 4 heteroatoms. The molecule has 0 aromatic heterocycles. The van der Waals surface area contributed by atoms with Crippen molar-refractivity contribution < 1.29 is 9.59 Å². The van der Waals surface area contributed by atoms with Gasteiger partial charge in [0.2, 0.25) is 11.8 Å². The predicted octanol–water partition coefficient (Wildman–Crippen LogP) is 3.56. The minimum absolute atomic E-state index is 0.249. The van der Waals surface area contributed by atoms with E-state index < -0.39 is 0 Å². The molecular weight excluding hydrogens is 324 g/mol. The summed E-state index contributed by atoms with van der Waals surface area (Å²) in [6.07, 6.45) is 4.89. The molecule has 2 heterocycles. The summed E-state index contributed by atoms with van der Waals surface area (Å²) in [7, 11) is 0. The van der Waals surface area contributed by atoms with Crippen molar-refractivity contribution in [1.82, 2.24) is 9.80 Å². The summed E-state index contributed by atoms with van der Waals surface area (Å²) in [5, 5.41) is 0. The average Bonchev–Trinajstić information content (AvgIpc) is 3.40. The fourth-order valence-corrected chi connectivity index (χ4v) is 4.56. The highest BCUT2D eigenvalue weighted by Gasteiger charge is 2.50. The number of nitrogens with zero attached hydrogens (tertiary/aromatic N) is 2. The van der Waals surface area contributed by atoms with Gasteiger partial charge in [0.05, 0.1) is 5.41 Å². The Labute approximate surface area is 156 Å². The lowest BCUT2D eigenvalue weighted by Crippen LogP contribution is -2.50. The second-order valence-electron chi connectivity index (χ2n) is 8.79. The SMILES string of the molecule is CC(C)c1ccc(CN2CCCC3(CCN(C(=O)C4CC4)C3)C2=O)cc1. The third-order valence-electron chi connectivity index (χ3n) is 6.44. The Morgan fingerprint density at radius 1 is 1.15 bits per heavy atom. The third kappa shape index (κ3) is 3.26. The van der Waals surface area contributed by atoms with Gasteiger partial charge in [0, 0.05) is 32.1 Å². The van der Waals surface area contributed by atoms with Crippen molar-refractivity contribution in [2.75, 3.05) is 19.6 Å². The lowest BCUT2D eigenvalue weighted by atomic mass is 9.78. The first-order chi connectivity index (χ1) is 12.5. The molecule has 1 unspecified atom stereocenters. The Hall–Kier alpha value is -1.84. The second-order valence-corrected chi connectivity index (χ2v) is 8.79. The van der Waals surface area contributed by atoms with Crippen molar-refractivity contribution in [3.63, 3.8) is 0 Å². The molecule has 2 amide bonds. The van der Waals surface area contributed by atoms with Gasteiger partial charge in [-0.2, -0.15) is 0 Å². The normalized spacial score (nSPS) is 26.2. The molecule has 2 aliphatic heterocycles. The zero-order chi connectivity index (χ0) is 18.3. The van der Waals surface area contributed by atoms with Gasteiger partial charge in [0.25, 0.3) is 0 Å². The summed E-state index contributed by atoms with van der Waals surface area (Å²) < 4.78 is 0. The molecule has 140 valence electrons. The molecule has 1 spiro atoms. The smallest absolute Gasteiger partial charge is 0.230 e. The maximum atomic E-state index is 13.3. The average molecular weight is 354 g/mol. The maximum absolute atomic E-state index is 13.3. The van der Waals surface area contributed by atoms with Gasteiger partial charge in [-0.1, -0.05) is 38.1 Å². The zero-order valence-electron chi connectivity index (χ0n) is 16.0. The van der Waals surface area contributed by atoms with Crippen LogP contribution in [0.2, 0.25) is 0 Å². The molecule has 4 nitrogen and oxygen atoms in total. The van der Waals surface area contributed by atoms with Crippen LogP contribution in [-0.4, -0.2) is 41.2 Å². The van der Waals surface area contributed by atoms with Crippen LogP contribution in [-0.2, 0) is 16.1 Å². The minimum atomic E-state index is -0.319. The van der Waals surface area contributed by atoms with Gasteiger partial charge >= 0.3 is 0 Å². The third-order valence-corrected chi connectivity index (χ3v) is 6.44. The van der Waals surface area contributed by atoms with Crippen LogP contribution < -0.4 is 0 Å². The van der Waals surface area contributed by atoms with E-state index in [0.717, 1.165) is 45.2 Å². The lowest BCUT2D eigenvalue weighted by Gasteiger charge is -2.39. The molecule has 3 aliphatic rings. The predicted molar refractivity (Wildman–Crippen MR) is 102 cm³/mol. The Balaban J connectivity index is 1.43. The van der Waals surface area contributed by atoms with Crippen LogP contribution in [0.15, 0.2) is 24.3 Å². The van der Waals surface area contributed by atoms with Crippen LogP contribution >= 0.6 is 0 Å². The van der Waals surface area contributed by atoms with Crippen LogP contribution in [0.1, 0.15) is 63.0 Å². The molecule has 0 N–H and O–H groups in total. The van der Waals surface area contributed by atoms with E-state index in [1.807, 2.05) is 9.80 Å². The molecule has 4 rings (SSSR count). The number of piperidine rings is 1. The van der Waals surface area contributed by atoms with Crippen molar-refractivity contribution >= 4 is 11.8 Å². The van der Waals surface area contributed by atoms with E-state index in [0.29, 0.717) is 19.0 Å². The lowest BCUT2D eigenvalue weighted by molar-refractivity contribution is -0.147. The number of amides is 2. The quantitative estimate of drug-likeness (QED) is 0.829. The second kappa shape index (κ2) is 6.71. The van der Waals surface area contributed by atoms with Gasteiger partial charge < -0.3 is 9.80 Å². The highest BCUT2D eigenvalue weighted by Crippen LogP contribution is 2.42. The number of benzene rings is 1. The maximum Gasteiger partial charge on any atom is 0.230 e. The molecule has 1 aromatic rings. The van der Waals surface area contributed by atoms with E-state index >= 15 is 0 Å². The Morgan fingerprint density at radius 3 is 2.54 bits per heavy atom. The van der Waals surface area contributed by atoms with Crippen LogP contribution in [0.4, 0.5) is 0 Å². The van der Waals surface area contributed by atoms with E-state index in [9.17, 15) is 9.59 Å². The molecule has 1 aromatic carbocycles. The molecular formula is C22H30N2O2. The molecule has 1 atom stereocenters. The van der Waals surface area contributed by atoms with Crippen LogP contribution in [0.5, 0.6) is 0 Å². The summed E-state index contributed by atoms with van der Waals surface area (Å²) in [6.45, 7) is 7.32. The summed E-state index contributed by atoms with van der Waals surface area (Å²) in [5.74, 6) is 1.33. The van der Waals surface area contributed by atoms with Crippen molar-refractivity contribution in [2.24, 2.45) is 11.3 Å². The number of rotatable bonds is 4. The number of hydrogen-bond acceptors (Lipinski definition) is 2. The molecule has 0 radical (unpaired) electrons. The fourth-order valence-electron chi connectivity index (χ4n) is 4.56. The van der Waals surface area contributed by atoms with Gasteiger partial charge in [-0.15, -0.1) is 0 Å². The molecule has 2 saturated heterocycles. The Bertz CT molecular complexity index is 693. The molecule has 3 fully saturated rings. The minimum Gasteiger partial charge on any atom is -0.341 e. The summed E-state index contributed by atoms with van der Waals surface area (Å²) in [4.78, 5) is 29.7. The number of carbonyl (C=O) groups excluding carboxylic acids is 2. The van der Waals surface area contributed by atoms with Crippen LogP contribution in [0.25, 0.3) is 0 Å². The first-order valence-electron chi connectivity index (χ1n) is 10.2. The fraction of sp³-hybridized carbons (Fsp3) is 0.636. The monoisotopic (exact) mass is 354 g/mol. The first-order valence-corrected chi connectivity index (χ1v) is 10.2. The molecule has 26 heavy (non-hydrogen) atoms. The molecule has 0 bridgehead atoms. The van der Waals surface area contributed by atoms with Gasteiger partial charge in [-0.05, 0) is 49.1 Å². The topological polar surface area (TPSA) is 40.6 Å². The van der Waals surface area contributed by atoms with E-state index in [1.54, 1.807) is 0 Å². The standard InChI is InChI=1S/C22H30N2O2/c1-16(2)18-6-4-17(5-7-18)14-23-12-3-10-22(21(23)26)11-13-24(15-22)20(25)19-8-9-19/h4-7,16,19H,3,8-15H2,1-2H3. The van der Waals surface area contributed by atoms with Gasteiger partial charge in [0.15, 0.2) is 0 Å². The van der Waals surface area contributed by atoms with E-state index in [4.69, 9.17) is 0 Å². The van der Waals surface area contributed by atoms with E-state index in [1.165, 1.54) is 11.1 Å². The number of carbonyl (C=O) groups is 2. The number of likely N-dealkylation sites (tertiary alicyclic amines) is 2. The summed E-state index contributed by atoms with van der Waals surface area (Å²) >= 11 is 0. The van der Waals surface area contributed by atoms with Crippen LogP contribution in [0, 0.1) is 11.3 Å². The van der Waals surface area contributed by atoms with Gasteiger partial charge in [-0.3, -0.25) is 9.59 Å². The van der Waals surface area contributed by atoms with Crippen molar-refractivity contribution in [2.45, 2.75) is 58.4 Å². The zero-order valence-corrected chi connectivity index (χ0v) is 16.0. The van der Waals surface area contributed by atoms with E-state index in [2.05, 4.69) is 38.1 Å². The molecule has 1 aliphatic carbocycles. The van der Waals surface area contributed by atoms with Crippen molar-refractivity contribution in [1.29, 1.82) is 0 Å². The highest BCUT2D eigenvalue weighted by atomic mass is 16.2. The Kier molecular flexibility index (Phi) is 4.54. The first kappa shape index (κ1) is 17.6. The largest absolute Gasteiger partial charge is 0.341 e. The Morgan fingerprint density at radius 2 is 1.88 bits per heavy atom. The summed E-state index contributed by atoms with van der Waals surface area (Å²) in [5.41, 5.74) is 2.21. The summed E-state index contributed by atoms with van der Waals surface area (Å²) in [6, 6.07) is 8.66. The molecule has 1 saturated carbocycles. The van der Waals surface area contributed by atoms with Crippen molar-refractivity contribution in [3.8, 4) is 0 Å². The highest BCUT2D eigenvalue weighted by molar-refractivity contribution is 5.87. The van der Waals surface area contributed by atoms with E-state index in [-0.39, 0.29) is 23.1 Å². The van der Waals surface area contributed by atoms with Gasteiger partial charge in [-0.25, -0.2) is 0 Å².